The Kier molecular flexibility index (Phi) is 4.29. The van der Waals surface area contributed by atoms with Crippen LogP contribution in [0.25, 0.3) is 5.69 Å². The van der Waals surface area contributed by atoms with Crippen LogP contribution in [0, 0.1) is 24.0 Å². The smallest absolute Gasteiger partial charge is 0.271 e. The van der Waals surface area contributed by atoms with E-state index in [0.717, 1.165) is 17.0 Å². The number of aryl methyl sites for hydroxylation is 1. The van der Waals surface area contributed by atoms with E-state index in [-0.39, 0.29) is 5.69 Å². The first-order valence-electron chi connectivity index (χ1n) is 7.42. The predicted octanol–water partition coefficient (Wildman–Crippen LogP) is 2.48. The summed E-state index contributed by atoms with van der Waals surface area (Å²) in [6.45, 7) is 3.83. The lowest BCUT2D eigenvalue weighted by molar-refractivity contribution is -0.384. The monoisotopic (exact) mass is 340 g/mol. The Morgan fingerprint density at radius 2 is 1.96 bits per heavy atom. The molecule has 9 nitrogen and oxygen atoms in total. The summed E-state index contributed by atoms with van der Waals surface area (Å²) in [7, 11) is 1.53. The van der Waals surface area contributed by atoms with Gasteiger partial charge in [0.05, 0.1) is 23.9 Å². The highest BCUT2D eigenvalue weighted by Gasteiger charge is 2.17. The average Bonchev–Trinajstić information content (AvgIpc) is 3.20. The highest BCUT2D eigenvalue weighted by molar-refractivity contribution is 5.82. The Hall–Kier alpha value is -3.49. The zero-order chi connectivity index (χ0) is 18.0. The molecule has 0 atom stereocenters. The molecule has 0 aliphatic heterocycles. The first-order chi connectivity index (χ1) is 12.0. The van der Waals surface area contributed by atoms with Gasteiger partial charge < -0.3 is 9.30 Å². The van der Waals surface area contributed by atoms with Crippen molar-refractivity contribution < 1.29 is 9.66 Å². The number of methoxy groups -OCH3 is 1. The van der Waals surface area contributed by atoms with Crippen LogP contribution in [0.3, 0.4) is 0 Å². The lowest BCUT2D eigenvalue weighted by Gasteiger charge is -2.13. The summed E-state index contributed by atoms with van der Waals surface area (Å²) in [6, 6.07) is 6.46. The van der Waals surface area contributed by atoms with E-state index in [9.17, 15) is 10.1 Å². The van der Waals surface area contributed by atoms with E-state index >= 15 is 0 Å². The first-order valence-corrected chi connectivity index (χ1v) is 7.42. The van der Waals surface area contributed by atoms with Gasteiger partial charge in [0.25, 0.3) is 5.69 Å². The molecule has 0 fully saturated rings. The normalized spacial score (nSPS) is 11.2. The van der Waals surface area contributed by atoms with Crippen LogP contribution in [-0.2, 0) is 0 Å². The summed E-state index contributed by atoms with van der Waals surface area (Å²) < 4.78 is 8.76. The third-order valence-electron chi connectivity index (χ3n) is 3.82. The molecule has 128 valence electrons. The molecule has 0 radical (unpaired) electrons. The lowest BCUT2D eigenvalue weighted by atomic mass is 10.2. The van der Waals surface area contributed by atoms with E-state index in [1.807, 2.05) is 24.5 Å². The molecule has 0 bridgehead atoms. The van der Waals surface area contributed by atoms with Gasteiger partial charge in [0.15, 0.2) is 0 Å². The minimum atomic E-state index is -0.425. The van der Waals surface area contributed by atoms with Crippen molar-refractivity contribution >= 4 is 11.9 Å². The van der Waals surface area contributed by atoms with Crippen molar-refractivity contribution in [1.29, 1.82) is 0 Å². The summed E-state index contributed by atoms with van der Waals surface area (Å²) in [5.74, 6) is 0.551. The molecule has 0 unspecified atom stereocenters. The van der Waals surface area contributed by atoms with E-state index in [0.29, 0.717) is 11.4 Å². The third kappa shape index (κ3) is 3.11. The van der Waals surface area contributed by atoms with Gasteiger partial charge in [-0.25, -0.2) is 4.68 Å². The number of hydrogen-bond acceptors (Lipinski definition) is 6. The Labute approximate surface area is 143 Å². The van der Waals surface area contributed by atoms with Crippen molar-refractivity contribution in [2.45, 2.75) is 13.8 Å². The van der Waals surface area contributed by atoms with Gasteiger partial charge in [-0.15, -0.1) is 10.2 Å². The number of rotatable bonds is 5. The van der Waals surface area contributed by atoms with Crippen LogP contribution >= 0.6 is 0 Å². The number of nitro benzene ring substituents is 1. The Morgan fingerprint density at radius 1 is 1.24 bits per heavy atom. The number of ether oxygens (including phenoxy) is 1. The summed E-state index contributed by atoms with van der Waals surface area (Å²) in [6.07, 6.45) is 4.66. The Balaban J connectivity index is 2.09. The third-order valence-corrected chi connectivity index (χ3v) is 3.82. The van der Waals surface area contributed by atoms with Crippen molar-refractivity contribution in [3.05, 3.63) is 64.0 Å². The van der Waals surface area contributed by atoms with Gasteiger partial charge in [0.2, 0.25) is 0 Å². The maximum atomic E-state index is 11.1. The van der Waals surface area contributed by atoms with Crippen LogP contribution in [0.2, 0.25) is 0 Å². The van der Waals surface area contributed by atoms with Crippen LogP contribution < -0.4 is 4.74 Å². The molecule has 0 amide bonds. The molecule has 0 aliphatic rings. The number of nitro groups is 1. The molecule has 0 saturated heterocycles. The molecule has 2 aromatic heterocycles. The van der Waals surface area contributed by atoms with E-state index in [1.54, 1.807) is 12.3 Å². The summed E-state index contributed by atoms with van der Waals surface area (Å²) >= 11 is 0. The maximum Gasteiger partial charge on any atom is 0.271 e. The number of nitrogens with zero attached hydrogens (tertiary/aromatic N) is 6. The van der Waals surface area contributed by atoms with Crippen molar-refractivity contribution in [2.24, 2.45) is 5.10 Å². The van der Waals surface area contributed by atoms with Gasteiger partial charge in [0.1, 0.15) is 18.4 Å². The summed E-state index contributed by atoms with van der Waals surface area (Å²) in [5, 5.41) is 22.7. The average molecular weight is 340 g/mol. The lowest BCUT2D eigenvalue weighted by Crippen LogP contribution is -2.03. The van der Waals surface area contributed by atoms with Gasteiger partial charge >= 0.3 is 0 Å². The number of aromatic nitrogens is 4. The summed E-state index contributed by atoms with van der Waals surface area (Å²) in [4.78, 5) is 10.7. The van der Waals surface area contributed by atoms with Crippen LogP contribution in [0.1, 0.15) is 17.0 Å². The van der Waals surface area contributed by atoms with Gasteiger partial charge in [0, 0.05) is 29.1 Å². The van der Waals surface area contributed by atoms with E-state index in [4.69, 9.17) is 4.74 Å². The largest absolute Gasteiger partial charge is 0.495 e. The molecule has 2 heterocycles. The minimum absolute atomic E-state index is 0.00278. The van der Waals surface area contributed by atoms with Crippen LogP contribution in [-0.4, -0.2) is 37.7 Å². The van der Waals surface area contributed by atoms with Crippen molar-refractivity contribution in [3.8, 4) is 11.4 Å². The Morgan fingerprint density at radius 3 is 2.60 bits per heavy atom. The zero-order valence-corrected chi connectivity index (χ0v) is 13.9. The van der Waals surface area contributed by atoms with Crippen LogP contribution in [0.15, 0.2) is 42.0 Å². The quantitative estimate of drug-likeness (QED) is 0.403. The van der Waals surface area contributed by atoms with Gasteiger partial charge in [-0.05, 0) is 26.0 Å². The van der Waals surface area contributed by atoms with Crippen LogP contribution in [0.5, 0.6) is 5.75 Å². The highest BCUT2D eigenvalue weighted by atomic mass is 16.6. The second kappa shape index (κ2) is 6.56. The molecular formula is C16H16N6O3. The molecular weight excluding hydrogens is 324 g/mol. The fourth-order valence-electron chi connectivity index (χ4n) is 2.64. The SMILES string of the molecule is COc1ccc([N+](=O)[O-])cc1-n1c(C)cc(/C=N\n2cnnc2)c1C. The highest BCUT2D eigenvalue weighted by Crippen LogP contribution is 2.31. The molecule has 25 heavy (non-hydrogen) atoms. The second-order valence-electron chi connectivity index (χ2n) is 5.36. The van der Waals surface area contributed by atoms with Crippen molar-refractivity contribution in [2.75, 3.05) is 7.11 Å². The maximum absolute atomic E-state index is 11.1. The molecule has 3 rings (SSSR count). The molecule has 0 saturated carbocycles. The number of hydrogen-bond donors (Lipinski definition) is 0. The minimum Gasteiger partial charge on any atom is -0.495 e. The number of benzene rings is 1. The number of non-ortho nitro benzene ring substituents is 1. The predicted molar refractivity (Wildman–Crippen MR) is 91.5 cm³/mol. The van der Waals surface area contributed by atoms with Gasteiger partial charge in [-0.3, -0.25) is 10.1 Å². The van der Waals surface area contributed by atoms with Gasteiger partial charge in [-0.1, -0.05) is 0 Å². The standard InChI is InChI=1S/C16H16N6O3/c1-11-6-13(8-19-20-9-17-18-10-20)12(2)21(11)15-7-14(22(23)24)4-5-16(15)25-3/h4-10H,1-3H3/b19-8-. The van der Waals surface area contributed by atoms with Gasteiger partial charge in [-0.2, -0.15) is 5.10 Å². The molecule has 0 spiro atoms. The van der Waals surface area contributed by atoms with Crippen molar-refractivity contribution in [1.82, 2.24) is 19.4 Å². The van der Waals surface area contributed by atoms with Crippen molar-refractivity contribution in [3.63, 3.8) is 0 Å². The first kappa shape index (κ1) is 16.4. The summed E-state index contributed by atoms with van der Waals surface area (Å²) in [5.41, 5.74) is 3.27. The second-order valence-corrected chi connectivity index (χ2v) is 5.36. The van der Waals surface area contributed by atoms with E-state index in [2.05, 4.69) is 15.3 Å². The fourth-order valence-corrected chi connectivity index (χ4v) is 2.64. The van der Waals surface area contributed by atoms with E-state index in [1.165, 1.54) is 36.6 Å². The fraction of sp³-hybridized carbons (Fsp3) is 0.188. The van der Waals surface area contributed by atoms with E-state index < -0.39 is 4.92 Å². The molecule has 9 heteroatoms. The zero-order valence-electron chi connectivity index (χ0n) is 13.9. The molecule has 3 aromatic rings. The molecule has 1 aromatic carbocycles. The van der Waals surface area contributed by atoms with Crippen LogP contribution in [0.4, 0.5) is 5.69 Å². The Bertz CT molecular complexity index is 943. The topological polar surface area (TPSA) is 100 Å². The molecule has 0 aliphatic carbocycles. The molecule has 0 N–H and O–H groups in total.